The second kappa shape index (κ2) is 6.25. The lowest BCUT2D eigenvalue weighted by atomic mass is 10.2. The SMILES string of the molecule is COCCOc1cc(NC=O)cc(C(F)(F)F)c1. The van der Waals surface area contributed by atoms with Crippen LogP contribution in [0, 0.1) is 0 Å². The molecule has 100 valence electrons. The molecule has 0 aliphatic heterocycles. The number of rotatable bonds is 6. The lowest BCUT2D eigenvalue weighted by molar-refractivity contribution is -0.137. The zero-order chi connectivity index (χ0) is 13.6. The normalized spacial score (nSPS) is 11.1. The molecule has 0 saturated carbocycles. The quantitative estimate of drug-likeness (QED) is 0.632. The lowest BCUT2D eigenvalue weighted by Crippen LogP contribution is -2.09. The molecule has 7 heteroatoms. The van der Waals surface area contributed by atoms with Gasteiger partial charge in [0.25, 0.3) is 0 Å². The molecule has 1 N–H and O–H groups in total. The maximum atomic E-state index is 12.6. The van der Waals surface area contributed by atoms with Crippen LogP contribution in [0.2, 0.25) is 0 Å². The average molecular weight is 263 g/mol. The maximum Gasteiger partial charge on any atom is 0.416 e. The highest BCUT2D eigenvalue weighted by Gasteiger charge is 2.31. The minimum atomic E-state index is -4.50. The number of hydrogen-bond acceptors (Lipinski definition) is 3. The van der Waals surface area contributed by atoms with Crippen molar-refractivity contribution >= 4 is 12.1 Å². The van der Waals surface area contributed by atoms with E-state index < -0.39 is 11.7 Å². The molecule has 0 aliphatic rings. The average Bonchev–Trinajstić information content (AvgIpc) is 2.28. The van der Waals surface area contributed by atoms with Crippen molar-refractivity contribution in [3.63, 3.8) is 0 Å². The number of amides is 1. The van der Waals surface area contributed by atoms with Crippen molar-refractivity contribution in [2.45, 2.75) is 6.18 Å². The summed E-state index contributed by atoms with van der Waals surface area (Å²) >= 11 is 0. The van der Waals surface area contributed by atoms with Gasteiger partial charge in [0, 0.05) is 18.9 Å². The monoisotopic (exact) mass is 263 g/mol. The molecule has 4 nitrogen and oxygen atoms in total. The van der Waals surface area contributed by atoms with E-state index in [4.69, 9.17) is 9.47 Å². The van der Waals surface area contributed by atoms with E-state index in [1.807, 2.05) is 0 Å². The third-order valence-corrected chi connectivity index (χ3v) is 2.02. The van der Waals surface area contributed by atoms with Gasteiger partial charge < -0.3 is 14.8 Å². The molecule has 0 radical (unpaired) electrons. The van der Waals surface area contributed by atoms with Crippen LogP contribution in [0.3, 0.4) is 0 Å². The van der Waals surface area contributed by atoms with E-state index >= 15 is 0 Å². The molecule has 0 unspecified atom stereocenters. The Kier molecular flexibility index (Phi) is 4.96. The Hall–Kier alpha value is -1.76. The number of hydrogen-bond donors (Lipinski definition) is 1. The summed E-state index contributed by atoms with van der Waals surface area (Å²) in [5.74, 6) is 0.0197. The minimum Gasteiger partial charge on any atom is -0.491 e. The maximum absolute atomic E-state index is 12.6. The highest BCUT2D eigenvalue weighted by molar-refractivity contribution is 5.72. The van der Waals surface area contributed by atoms with Gasteiger partial charge in [0.2, 0.25) is 6.41 Å². The third-order valence-electron chi connectivity index (χ3n) is 2.02. The molecule has 0 heterocycles. The summed E-state index contributed by atoms with van der Waals surface area (Å²) in [6.45, 7) is 0.380. The van der Waals surface area contributed by atoms with Gasteiger partial charge in [-0.15, -0.1) is 0 Å². The number of alkyl halides is 3. The molecule has 0 atom stereocenters. The van der Waals surface area contributed by atoms with Gasteiger partial charge in [-0.3, -0.25) is 4.79 Å². The lowest BCUT2D eigenvalue weighted by Gasteiger charge is -2.12. The third kappa shape index (κ3) is 4.25. The predicted octanol–water partition coefficient (Wildman–Crippen LogP) is 2.30. The van der Waals surface area contributed by atoms with E-state index in [0.29, 0.717) is 6.41 Å². The Morgan fingerprint density at radius 1 is 1.28 bits per heavy atom. The first-order chi connectivity index (χ1) is 8.47. The first-order valence-electron chi connectivity index (χ1n) is 5.01. The second-order valence-electron chi connectivity index (χ2n) is 3.35. The van der Waals surface area contributed by atoms with Crippen LogP contribution >= 0.6 is 0 Å². The number of nitrogens with one attached hydrogen (secondary N) is 1. The highest BCUT2D eigenvalue weighted by Crippen LogP contribution is 2.34. The largest absolute Gasteiger partial charge is 0.491 e. The van der Waals surface area contributed by atoms with Gasteiger partial charge >= 0.3 is 6.18 Å². The summed E-state index contributed by atoms with van der Waals surface area (Å²) in [5.41, 5.74) is -0.867. The predicted molar refractivity (Wildman–Crippen MR) is 58.5 cm³/mol. The van der Waals surface area contributed by atoms with E-state index in [0.717, 1.165) is 12.1 Å². The molecular weight excluding hydrogens is 251 g/mol. The van der Waals surface area contributed by atoms with Crippen molar-refractivity contribution < 1.29 is 27.4 Å². The van der Waals surface area contributed by atoms with Crippen LogP contribution < -0.4 is 10.1 Å². The fourth-order valence-corrected chi connectivity index (χ4v) is 1.24. The molecular formula is C11H12F3NO3. The molecule has 18 heavy (non-hydrogen) atoms. The van der Waals surface area contributed by atoms with Crippen molar-refractivity contribution in [2.75, 3.05) is 25.6 Å². The van der Waals surface area contributed by atoms with Gasteiger partial charge in [-0.25, -0.2) is 0 Å². The zero-order valence-corrected chi connectivity index (χ0v) is 9.58. The minimum absolute atomic E-state index is 0.0197. The topological polar surface area (TPSA) is 47.6 Å². The van der Waals surface area contributed by atoms with Crippen molar-refractivity contribution in [1.82, 2.24) is 0 Å². The summed E-state index contributed by atoms with van der Waals surface area (Å²) in [4.78, 5) is 10.3. The molecule has 0 spiro atoms. The molecule has 0 saturated heterocycles. The van der Waals surface area contributed by atoms with E-state index in [2.05, 4.69) is 5.32 Å². The number of anilines is 1. The fraction of sp³-hybridized carbons (Fsp3) is 0.364. The van der Waals surface area contributed by atoms with Gasteiger partial charge in [0.15, 0.2) is 0 Å². The van der Waals surface area contributed by atoms with E-state index in [-0.39, 0.29) is 24.7 Å². The molecule has 0 aromatic heterocycles. The number of halogens is 3. The van der Waals surface area contributed by atoms with Crippen molar-refractivity contribution in [3.8, 4) is 5.75 Å². The number of benzene rings is 1. The summed E-state index contributed by atoms with van der Waals surface area (Å²) in [5, 5.41) is 2.16. The first kappa shape index (κ1) is 14.3. The molecule has 1 amide bonds. The number of carbonyl (C=O) groups is 1. The Morgan fingerprint density at radius 3 is 2.56 bits per heavy atom. The van der Waals surface area contributed by atoms with Gasteiger partial charge in [-0.1, -0.05) is 0 Å². The summed E-state index contributed by atoms with van der Waals surface area (Å²) in [6.07, 6.45) is -4.20. The van der Waals surface area contributed by atoms with E-state index in [9.17, 15) is 18.0 Å². The molecule has 1 rings (SSSR count). The molecule has 0 fully saturated rings. The fourth-order valence-electron chi connectivity index (χ4n) is 1.24. The summed E-state index contributed by atoms with van der Waals surface area (Å²) in [7, 11) is 1.45. The number of ether oxygens (including phenoxy) is 2. The van der Waals surface area contributed by atoms with Crippen molar-refractivity contribution in [1.29, 1.82) is 0 Å². The van der Waals surface area contributed by atoms with Crippen LogP contribution in [0.25, 0.3) is 0 Å². The Balaban J connectivity index is 2.94. The van der Waals surface area contributed by atoms with E-state index in [1.165, 1.54) is 13.2 Å². The van der Waals surface area contributed by atoms with Gasteiger partial charge in [-0.2, -0.15) is 13.2 Å². The molecule has 1 aromatic carbocycles. The Morgan fingerprint density at radius 2 is 2.00 bits per heavy atom. The summed E-state index contributed by atoms with van der Waals surface area (Å²) in [6, 6.07) is 3.00. The standard InChI is InChI=1S/C11H12F3NO3/c1-17-2-3-18-10-5-8(11(12,13)14)4-9(6-10)15-7-16/h4-7H,2-3H2,1H3,(H,15,16). The zero-order valence-electron chi connectivity index (χ0n) is 9.58. The molecule has 0 bridgehead atoms. The van der Waals surface area contributed by atoms with Crippen LogP contribution in [0.5, 0.6) is 5.75 Å². The van der Waals surface area contributed by atoms with Gasteiger partial charge in [-0.05, 0) is 12.1 Å². The summed E-state index contributed by atoms with van der Waals surface area (Å²) < 4.78 is 47.5. The Labute approximate surface area is 102 Å². The highest BCUT2D eigenvalue weighted by atomic mass is 19.4. The smallest absolute Gasteiger partial charge is 0.416 e. The van der Waals surface area contributed by atoms with Crippen molar-refractivity contribution in [3.05, 3.63) is 23.8 Å². The molecule has 1 aromatic rings. The first-order valence-corrected chi connectivity index (χ1v) is 5.01. The van der Waals surface area contributed by atoms with Gasteiger partial charge in [0.1, 0.15) is 12.4 Å². The Bertz CT molecular complexity index is 407. The van der Waals surface area contributed by atoms with Crippen LogP contribution in [0.15, 0.2) is 18.2 Å². The van der Waals surface area contributed by atoms with Gasteiger partial charge in [0.05, 0.1) is 12.2 Å². The van der Waals surface area contributed by atoms with E-state index in [1.54, 1.807) is 0 Å². The molecule has 0 aliphatic carbocycles. The van der Waals surface area contributed by atoms with Crippen LogP contribution in [-0.4, -0.2) is 26.7 Å². The van der Waals surface area contributed by atoms with Crippen LogP contribution in [0.1, 0.15) is 5.56 Å². The second-order valence-corrected chi connectivity index (χ2v) is 3.35. The number of carbonyl (C=O) groups excluding carboxylic acids is 1. The van der Waals surface area contributed by atoms with Crippen LogP contribution in [0.4, 0.5) is 18.9 Å². The van der Waals surface area contributed by atoms with Crippen molar-refractivity contribution in [2.24, 2.45) is 0 Å². The number of methoxy groups -OCH3 is 1. The van der Waals surface area contributed by atoms with Crippen LogP contribution in [-0.2, 0) is 15.7 Å².